The molecule has 124 valence electrons. The molecule has 0 spiro atoms. The first kappa shape index (κ1) is 17.7. The average Bonchev–Trinajstić information content (AvgIpc) is 3.09. The van der Waals surface area contributed by atoms with Gasteiger partial charge in [-0.05, 0) is 48.6 Å². The van der Waals surface area contributed by atoms with Crippen molar-refractivity contribution in [3.05, 3.63) is 52.2 Å². The largest absolute Gasteiger partial charge is 0.346 e. The summed E-state index contributed by atoms with van der Waals surface area (Å²) in [6.45, 7) is 0.315. The Hall–Kier alpha value is -2.69. The molecule has 2 aromatic rings. The molecule has 0 saturated carbocycles. The second-order valence-corrected chi connectivity index (χ2v) is 6.14. The van der Waals surface area contributed by atoms with Crippen LogP contribution in [0, 0.1) is 11.3 Å². The van der Waals surface area contributed by atoms with Crippen LogP contribution >= 0.6 is 11.3 Å². The molecule has 0 bridgehead atoms. The summed E-state index contributed by atoms with van der Waals surface area (Å²) in [6.07, 6.45) is 0. The molecule has 1 heterocycles. The van der Waals surface area contributed by atoms with Gasteiger partial charge in [0.05, 0.1) is 17.3 Å². The molecule has 0 radical (unpaired) electrons. The van der Waals surface area contributed by atoms with E-state index in [2.05, 4.69) is 10.6 Å². The van der Waals surface area contributed by atoms with Crippen molar-refractivity contribution in [2.45, 2.75) is 6.04 Å². The maximum Gasteiger partial charge on any atom is 0.313 e. The van der Waals surface area contributed by atoms with E-state index in [-0.39, 0.29) is 6.04 Å². The van der Waals surface area contributed by atoms with E-state index in [1.807, 2.05) is 41.9 Å². The van der Waals surface area contributed by atoms with E-state index < -0.39 is 11.8 Å². The molecule has 1 aromatic carbocycles. The van der Waals surface area contributed by atoms with Gasteiger partial charge >= 0.3 is 11.8 Å². The van der Waals surface area contributed by atoms with Crippen molar-refractivity contribution in [1.29, 1.82) is 5.26 Å². The zero-order valence-electron chi connectivity index (χ0n) is 13.4. The van der Waals surface area contributed by atoms with Crippen LogP contribution in [-0.2, 0) is 9.59 Å². The standard InChI is InChI=1S/C17H18N4O2S/c1-21(2)15(13-7-8-24-11-13)10-19-16(22)17(23)20-14-6-4-3-5-12(14)9-18/h3-8,11,15H,10H2,1-2H3,(H,19,22)(H,20,23). The Morgan fingerprint density at radius 2 is 2.00 bits per heavy atom. The monoisotopic (exact) mass is 342 g/mol. The van der Waals surface area contributed by atoms with Gasteiger partial charge in [-0.2, -0.15) is 16.6 Å². The second-order valence-electron chi connectivity index (χ2n) is 5.36. The maximum absolute atomic E-state index is 12.0. The van der Waals surface area contributed by atoms with Gasteiger partial charge in [0.1, 0.15) is 6.07 Å². The van der Waals surface area contributed by atoms with Gasteiger partial charge in [0.15, 0.2) is 0 Å². The molecule has 2 rings (SSSR count). The zero-order chi connectivity index (χ0) is 17.5. The molecular weight excluding hydrogens is 324 g/mol. The van der Waals surface area contributed by atoms with Crippen LogP contribution in [0.4, 0.5) is 5.69 Å². The number of anilines is 1. The molecule has 1 aromatic heterocycles. The van der Waals surface area contributed by atoms with Crippen molar-refractivity contribution in [2.75, 3.05) is 26.0 Å². The minimum atomic E-state index is -0.791. The Balaban J connectivity index is 1.96. The highest BCUT2D eigenvalue weighted by Crippen LogP contribution is 2.20. The van der Waals surface area contributed by atoms with E-state index in [1.54, 1.807) is 35.6 Å². The summed E-state index contributed by atoms with van der Waals surface area (Å²) in [6, 6.07) is 10.5. The molecule has 0 fully saturated rings. The molecule has 7 heteroatoms. The summed E-state index contributed by atoms with van der Waals surface area (Å²) in [7, 11) is 3.83. The molecule has 0 saturated heterocycles. The Morgan fingerprint density at radius 1 is 1.25 bits per heavy atom. The van der Waals surface area contributed by atoms with Crippen LogP contribution < -0.4 is 10.6 Å². The lowest BCUT2D eigenvalue weighted by atomic mass is 10.1. The molecule has 6 nitrogen and oxygen atoms in total. The van der Waals surface area contributed by atoms with E-state index in [0.29, 0.717) is 17.8 Å². The number of thiophene rings is 1. The van der Waals surface area contributed by atoms with Gasteiger partial charge in [0.2, 0.25) is 0 Å². The van der Waals surface area contributed by atoms with Gasteiger partial charge < -0.3 is 15.5 Å². The van der Waals surface area contributed by atoms with Crippen molar-refractivity contribution < 1.29 is 9.59 Å². The van der Waals surface area contributed by atoms with Crippen molar-refractivity contribution in [3.63, 3.8) is 0 Å². The minimum absolute atomic E-state index is 0.0144. The first-order chi connectivity index (χ1) is 11.5. The number of benzene rings is 1. The van der Waals surface area contributed by atoms with Crippen LogP contribution in [0.25, 0.3) is 0 Å². The lowest BCUT2D eigenvalue weighted by molar-refractivity contribution is -0.136. The third-order valence-corrected chi connectivity index (χ3v) is 4.21. The molecule has 2 N–H and O–H groups in total. The van der Waals surface area contributed by atoms with Crippen molar-refractivity contribution >= 4 is 28.8 Å². The van der Waals surface area contributed by atoms with Crippen LogP contribution in [0.2, 0.25) is 0 Å². The Labute approximate surface area is 144 Å². The van der Waals surface area contributed by atoms with Gasteiger partial charge in [0.25, 0.3) is 0 Å². The van der Waals surface area contributed by atoms with Crippen molar-refractivity contribution in [1.82, 2.24) is 10.2 Å². The van der Waals surface area contributed by atoms with Crippen LogP contribution in [-0.4, -0.2) is 37.4 Å². The molecule has 0 aliphatic rings. The predicted molar refractivity (Wildman–Crippen MR) is 93.5 cm³/mol. The fraction of sp³-hybridized carbons (Fsp3) is 0.235. The van der Waals surface area contributed by atoms with E-state index >= 15 is 0 Å². The highest BCUT2D eigenvalue weighted by molar-refractivity contribution is 7.07. The van der Waals surface area contributed by atoms with Crippen LogP contribution in [0.3, 0.4) is 0 Å². The Kier molecular flexibility index (Phi) is 6.07. The zero-order valence-corrected chi connectivity index (χ0v) is 14.3. The normalized spacial score (nSPS) is 11.6. The average molecular weight is 342 g/mol. The van der Waals surface area contributed by atoms with Crippen LogP contribution in [0.1, 0.15) is 17.2 Å². The number of carbonyl (C=O) groups excluding carboxylic acids is 2. The maximum atomic E-state index is 12.0. The Bertz CT molecular complexity index is 750. The van der Waals surface area contributed by atoms with Gasteiger partial charge in [-0.15, -0.1) is 0 Å². The first-order valence-corrected chi connectivity index (χ1v) is 8.24. The summed E-state index contributed by atoms with van der Waals surface area (Å²) < 4.78 is 0. The van der Waals surface area contributed by atoms with E-state index in [1.165, 1.54) is 0 Å². The summed E-state index contributed by atoms with van der Waals surface area (Å²) in [5.41, 5.74) is 1.71. The molecule has 24 heavy (non-hydrogen) atoms. The second kappa shape index (κ2) is 8.24. The number of nitrogens with one attached hydrogen (secondary N) is 2. The van der Waals surface area contributed by atoms with Crippen molar-refractivity contribution in [3.8, 4) is 6.07 Å². The Morgan fingerprint density at radius 3 is 2.62 bits per heavy atom. The summed E-state index contributed by atoms with van der Waals surface area (Å²) in [4.78, 5) is 26.0. The number of nitrogens with zero attached hydrogens (tertiary/aromatic N) is 2. The highest BCUT2D eigenvalue weighted by Gasteiger charge is 2.19. The molecule has 0 aliphatic carbocycles. The number of carbonyl (C=O) groups is 2. The molecule has 0 aliphatic heterocycles. The van der Waals surface area contributed by atoms with E-state index in [4.69, 9.17) is 5.26 Å². The summed E-state index contributed by atoms with van der Waals surface area (Å²) >= 11 is 1.58. The molecule has 1 atom stereocenters. The van der Waals surface area contributed by atoms with Gasteiger partial charge in [-0.25, -0.2) is 0 Å². The molecule has 1 unspecified atom stereocenters. The van der Waals surface area contributed by atoms with Gasteiger partial charge in [0, 0.05) is 6.54 Å². The van der Waals surface area contributed by atoms with Gasteiger partial charge in [-0.1, -0.05) is 12.1 Å². The van der Waals surface area contributed by atoms with Crippen LogP contribution in [0.15, 0.2) is 41.1 Å². The number of nitriles is 1. The lowest BCUT2D eigenvalue weighted by Gasteiger charge is -2.23. The highest BCUT2D eigenvalue weighted by atomic mass is 32.1. The quantitative estimate of drug-likeness (QED) is 0.814. The SMILES string of the molecule is CN(C)C(CNC(=O)C(=O)Nc1ccccc1C#N)c1ccsc1. The van der Waals surface area contributed by atoms with E-state index in [0.717, 1.165) is 5.56 Å². The number of rotatable bonds is 5. The number of amides is 2. The number of hydrogen-bond donors (Lipinski definition) is 2. The third-order valence-electron chi connectivity index (χ3n) is 3.51. The third kappa shape index (κ3) is 4.41. The number of hydrogen-bond acceptors (Lipinski definition) is 5. The summed E-state index contributed by atoms with van der Waals surface area (Å²) in [5, 5.41) is 18.1. The predicted octanol–water partition coefficient (Wildman–Crippen LogP) is 1.98. The van der Waals surface area contributed by atoms with Crippen molar-refractivity contribution in [2.24, 2.45) is 0 Å². The fourth-order valence-corrected chi connectivity index (χ4v) is 2.91. The summed E-state index contributed by atoms with van der Waals surface area (Å²) in [5.74, 6) is -1.52. The molecule has 2 amide bonds. The van der Waals surface area contributed by atoms with E-state index in [9.17, 15) is 9.59 Å². The topological polar surface area (TPSA) is 85.2 Å². The smallest absolute Gasteiger partial charge is 0.313 e. The number of likely N-dealkylation sites (N-methyl/N-ethyl adjacent to an activating group) is 1. The minimum Gasteiger partial charge on any atom is -0.346 e. The first-order valence-electron chi connectivity index (χ1n) is 7.29. The lowest BCUT2D eigenvalue weighted by Crippen LogP contribution is -2.40. The molecular formula is C17H18N4O2S. The number of para-hydroxylation sites is 1. The fourth-order valence-electron chi connectivity index (χ4n) is 2.20. The van der Waals surface area contributed by atoms with Gasteiger partial charge in [-0.3, -0.25) is 9.59 Å². The van der Waals surface area contributed by atoms with Crippen LogP contribution in [0.5, 0.6) is 0 Å².